The van der Waals surface area contributed by atoms with E-state index in [0.717, 1.165) is 0 Å². The van der Waals surface area contributed by atoms with E-state index in [1.807, 2.05) is 0 Å². The Balaban J connectivity index is 1.43. The van der Waals surface area contributed by atoms with E-state index in [1.165, 1.54) is 34.1 Å². The monoisotopic (exact) mass is 532 g/mol. The van der Waals surface area contributed by atoms with Gasteiger partial charge in [0.15, 0.2) is 0 Å². The van der Waals surface area contributed by atoms with E-state index in [0.29, 0.717) is 35.0 Å². The minimum atomic E-state index is -0.453. The first-order valence-electron chi connectivity index (χ1n) is 14.2. The molecule has 0 N–H and O–H groups in total. The van der Waals surface area contributed by atoms with Crippen LogP contribution in [0.5, 0.6) is 0 Å². The molecule has 6 unspecified atom stereocenters. The summed E-state index contributed by atoms with van der Waals surface area (Å²) in [6.07, 6.45) is 7.91. The van der Waals surface area contributed by atoms with Crippen molar-refractivity contribution in [1.29, 1.82) is 0 Å². The summed E-state index contributed by atoms with van der Waals surface area (Å²) in [4.78, 5) is 0. The van der Waals surface area contributed by atoms with Gasteiger partial charge in [-0.2, -0.15) is 0 Å². The van der Waals surface area contributed by atoms with Gasteiger partial charge >= 0.3 is 0 Å². The van der Waals surface area contributed by atoms with Gasteiger partial charge in [-0.05, 0) is 84.9 Å². The lowest BCUT2D eigenvalue weighted by molar-refractivity contribution is 0.121. The van der Waals surface area contributed by atoms with Crippen LogP contribution in [-0.4, -0.2) is 11.3 Å². The fourth-order valence-corrected chi connectivity index (χ4v) is 13.4. The summed E-state index contributed by atoms with van der Waals surface area (Å²) in [5.41, 5.74) is 1.23. The van der Waals surface area contributed by atoms with Gasteiger partial charge in [-0.1, -0.05) is 147 Å². The number of fused-ring (bicyclic) bond motifs is 2. The van der Waals surface area contributed by atoms with Gasteiger partial charge < -0.3 is 0 Å². The van der Waals surface area contributed by atoms with Crippen molar-refractivity contribution in [1.82, 2.24) is 0 Å². The molecule has 2 heteroatoms. The molecular formula is C36H38P2. The van der Waals surface area contributed by atoms with Crippen LogP contribution in [0.15, 0.2) is 133 Å². The quantitative estimate of drug-likeness (QED) is 0.160. The van der Waals surface area contributed by atoms with E-state index in [-0.39, 0.29) is 0 Å². The van der Waals surface area contributed by atoms with E-state index in [1.54, 1.807) is 0 Å². The highest BCUT2D eigenvalue weighted by Gasteiger charge is 2.49. The number of allylic oxidation sites excluding steroid dienone is 2. The van der Waals surface area contributed by atoms with Crippen molar-refractivity contribution in [2.75, 3.05) is 0 Å². The average molecular weight is 533 g/mol. The van der Waals surface area contributed by atoms with Crippen LogP contribution in [0.25, 0.3) is 0 Å². The van der Waals surface area contributed by atoms with Crippen molar-refractivity contribution in [3.8, 4) is 0 Å². The number of rotatable bonds is 8. The Labute approximate surface area is 231 Å². The molecule has 192 valence electrons. The lowest BCUT2D eigenvalue weighted by Gasteiger charge is -2.53. The van der Waals surface area contributed by atoms with Gasteiger partial charge in [0.25, 0.3) is 0 Å². The van der Waals surface area contributed by atoms with Gasteiger partial charge in [0, 0.05) is 0 Å². The molecule has 0 aromatic heterocycles. The first kappa shape index (κ1) is 25.7. The molecule has 3 aliphatic carbocycles. The Hall–Kier alpha value is -2.52. The third-order valence-electron chi connectivity index (χ3n) is 8.94. The van der Waals surface area contributed by atoms with E-state index >= 15 is 0 Å². The Morgan fingerprint density at radius 3 is 0.947 bits per heavy atom. The molecule has 1 saturated carbocycles. The van der Waals surface area contributed by atoms with Gasteiger partial charge in [-0.3, -0.25) is 0 Å². The number of hydrogen-bond donors (Lipinski definition) is 0. The molecule has 38 heavy (non-hydrogen) atoms. The van der Waals surface area contributed by atoms with E-state index < -0.39 is 15.8 Å². The normalized spacial score (nSPS) is 24.0. The molecule has 6 atom stereocenters. The second kappa shape index (κ2) is 11.7. The smallest absolute Gasteiger partial charge is 0.0120 e. The summed E-state index contributed by atoms with van der Waals surface area (Å²) >= 11 is 0. The van der Waals surface area contributed by atoms with Crippen LogP contribution in [0, 0.1) is 23.7 Å². The highest BCUT2D eigenvalue weighted by atomic mass is 31.1. The fourth-order valence-electron chi connectivity index (χ4n) is 7.37. The Kier molecular flexibility index (Phi) is 7.92. The Bertz CT molecular complexity index is 1140. The van der Waals surface area contributed by atoms with Gasteiger partial charge in [-0.15, -0.1) is 0 Å². The number of hydrogen-bond acceptors (Lipinski definition) is 0. The first-order valence-corrected chi connectivity index (χ1v) is 17.0. The summed E-state index contributed by atoms with van der Waals surface area (Å²) in [6, 6.07) is 45.6. The topological polar surface area (TPSA) is 0 Å². The summed E-state index contributed by atoms with van der Waals surface area (Å²) in [6.45, 7) is 5.19. The van der Waals surface area contributed by atoms with Crippen LogP contribution in [0.2, 0.25) is 0 Å². The summed E-state index contributed by atoms with van der Waals surface area (Å²) in [5, 5.41) is 6.08. The molecule has 0 nitrogen and oxygen atoms in total. The third-order valence-corrected chi connectivity index (χ3v) is 14.7. The Morgan fingerprint density at radius 2 is 0.711 bits per heavy atom. The predicted octanol–water partition coefficient (Wildman–Crippen LogP) is 7.86. The van der Waals surface area contributed by atoms with Crippen LogP contribution >= 0.6 is 15.8 Å². The average Bonchev–Trinajstić information content (AvgIpc) is 2.99. The van der Waals surface area contributed by atoms with Crippen LogP contribution in [0.1, 0.15) is 26.7 Å². The molecule has 0 aliphatic heterocycles. The zero-order valence-corrected chi connectivity index (χ0v) is 24.3. The second-order valence-electron chi connectivity index (χ2n) is 11.0. The predicted molar refractivity (Wildman–Crippen MR) is 169 cm³/mol. The van der Waals surface area contributed by atoms with Gasteiger partial charge in [-0.25, -0.2) is 0 Å². The van der Waals surface area contributed by atoms with Crippen LogP contribution in [0.4, 0.5) is 0 Å². The lowest BCUT2D eigenvalue weighted by Crippen LogP contribution is -2.48. The lowest BCUT2D eigenvalue weighted by atomic mass is 9.60. The van der Waals surface area contributed by atoms with Crippen molar-refractivity contribution >= 4 is 37.1 Å². The van der Waals surface area contributed by atoms with Gasteiger partial charge in [0.1, 0.15) is 0 Å². The van der Waals surface area contributed by atoms with Gasteiger partial charge in [0.2, 0.25) is 0 Å². The van der Waals surface area contributed by atoms with Crippen molar-refractivity contribution in [3.63, 3.8) is 0 Å². The summed E-state index contributed by atoms with van der Waals surface area (Å²) < 4.78 is 0. The van der Waals surface area contributed by atoms with Crippen molar-refractivity contribution in [3.05, 3.63) is 133 Å². The maximum atomic E-state index is 2.61. The van der Waals surface area contributed by atoms with E-state index in [9.17, 15) is 0 Å². The van der Waals surface area contributed by atoms with Crippen LogP contribution < -0.4 is 21.2 Å². The molecule has 2 bridgehead atoms. The highest BCUT2D eigenvalue weighted by Crippen LogP contribution is 2.59. The molecular weight excluding hydrogens is 494 g/mol. The van der Waals surface area contributed by atoms with Crippen LogP contribution in [0.3, 0.4) is 0 Å². The van der Waals surface area contributed by atoms with Crippen molar-refractivity contribution in [2.24, 2.45) is 23.7 Å². The maximum absolute atomic E-state index is 2.61. The Morgan fingerprint density at radius 1 is 0.447 bits per heavy atom. The van der Waals surface area contributed by atoms with Crippen molar-refractivity contribution < 1.29 is 0 Å². The molecule has 1 fully saturated rings. The van der Waals surface area contributed by atoms with E-state index in [4.69, 9.17) is 0 Å². The molecule has 0 radical (unpaired) electrons. The molecule has 4 aromatic carbocycles. The highest BCUT2D eigenvalue weighted by molar-refractivity contribution is 7.74. The molecule has 0 spiro atoms. The number of benzene rings is 4. The zero-order chi connectivity index (χ0) is 25.9. The summed E-state index contributed by atoms with van der Waals surface area (Å²) in [7, 11) is -0.905. The molecule has 7 rings (SSSR count). The van der Waals surface area contributed by atoms with Crippen molar-refractivity contribution in [2.45, 2.75) is 38.0 Å². The molecule has 0 amide bonds. The second-order valence-corrected chi connectivity index (χ2v) is 16.2. The van der Waals surface area contributed by atoms with E-state index in [2.05, 4.69) is 147 Å². The van der Waals surface area contributed by atoms with Gasteiger partial charge in [0.05, 0.1) is 0 Å². The molecule has 0 saturated heterocycles. The molecule has 4 aromatic rings. The molecule has 0 heterocycles. The molecule has 3 aliphatic rings. The maximum Gasteiger partial charge on any atom is -0.0120 e. The van der Waals surface area contributed by atoms with Crippen LogP contribution in [-0.2, 0) is 0 Å². The zero-order valence-electron chi connectivity index (χ0n) is 22.5. The third kappa shape index (κ3) is 5.07. The standard InChI is InChI=1S/C36H38P2/c1-27(37(31-15-7-3-8-16-31)32-17-9-4-10-18-32)35-29-23-25-30(26-24-29)36(35)28(2)38(33-19-11-5-12-20-33)34-21-13-6-14-22-34/h3-23,25,27-30,35-36H,24,26H2,1-2H3. The largest absolute Gasteiger partial charge is 0.0848 e. The minimum Gasteiger partial charge on any atom is -0.0848 e. The summed E-state index contributed by atoms with van der Waals surface area (Å²) in [5.74, 6) is 2.75. The minimum absolute atomic E-state index is 0.453. The fraction of sp³-hybridized carbons (Fsp3) is 0.278. The first-order chi connectivity index (χ1) is 18.7. The SMILES string of the molecule is CC(C1C2C=CC(CC2)C1C(C)P(c1ccccc1)c1ccccc1)P(c1ccccc1)c1ccccc1.